The number of carbonyl (C=O) groups excluding carboxylic acids is 1. The number of hydrogen-bond acceptors (Lipinski definition) is 3. The zero-order valence-corrected chi connectivity index (χ0v) is 14.8. The van der Waals surface area contributed by atoms with E-state index < -0.39 is 5.91 Å². The van der Waals surface area contributed by atoms with Crippen LogP contribution in [0, 0.1) is 11.3 Å². The number of hydrogen-bond donors (Lipinski definition) is 1. The molecule has 6 heteroatoms. The van der Waals surface area contributed by atoms with Crippen LogP contribution in [-0.2, 0) is 4.79 Å². The van der Waals surface area contributed by atoms with Crippen LogP contribution in [0.1, 0.15) is 26.0 Å². The Hall–Kier alpha value is -2.22. The first-order valence-electron chi connectivity index (χ1n) is 7.42. The zero-order valence-electron chi connectivity index (χ0n) is 13.3. The summed E-state index contributed by atoms with van der Waals surface area (Å²) in [5.41, 5.74) is 0.625. The molecule has 2 aromatic rings. The molecule has 0 aliphatic rings. The molecule has 1 heterocycles. The first-order chi connectivity index (χ1) is 11.4. The SMILES string of the molecule is CC[C@@H](C)NC(=O)/C(C#N)=C/c1ccc(-c2cc(Cl)ccc2Cl)o1. The number of amides is 1. The average molecular weight is 363 g/mol. The molecule has 4 nitrogen and oxygen atoms in total. The van der Waals surface area contributed by atoms with Gasteiger partial charge in [-0.3, -0.25) is 4.79 Å². The summed E-state index contributed by atoms with van der Waals surface area (Å²) in [7, 11) is 0. The molecule has 0 aliphatic heterocycles. The summed E-state index contributed by atoms with van der Waals surface area (Å²) in [6.07, 6.45) is 2.18. The lowest BCUT2D eigenvalue weighted by atomic mass is 10.2. The number of carbonyl (C=O) groups is 1. The molecule has 0 saturated carbocycles. The second-order valence-corrected chi connectivity index (χ2v) is 6.12. The first-order valence-corrected chi connectivity index (χ1v) is 8.18. The van der Waals surface area contributed by atoms with Crippen LogP contribution in [0.4, 0.5) is 0 Å². The van der Waals surface area contributed by atoms with Crippen molar-refractivity contribution < 1.29 is 9.21 Å². The van der Waals surface area contributed by atoms with Crippen LogP contribution in [0.2, 0.25) is 10.0 Å². The third kappa shape index (κ3) is 4.41. The Labute approximate surface area is 150 Å². The van der Waals surface area contributed by atoms with Gasteiger partial charge in [-0.15, -0.1) is 0 Å². The minimum atomic E-state index is -0.425. The van der Waals surface area contributed by atoms with Crippen molar-refractivity contribution in [3.63, 3.8) is 0 Å². The fourth-order valence-electron chi connectivity index (χ4n) is 1.96. The molecule has 0 fully saturated rings. The van der Waals surface area contributed by atoms with Crippen LogP contribution in [-0.4, -0.2) is 11.9 Å². The summed E-state index contributed by atoms with van der Waals surface area (Å²) in [5.74, 6) is 0.468. The quantitative estimate of drug-likeness (QED) is 0.595. The normalized spacial score (nSPS) is 12.5. The van der Waals surface area contributed by atoms with Crippen LogP contribution < -0.4 is 5.32 Å². The summed E-state index contributed by atoms with van der Waals surface area (Å²) < 4.78 is 5.67. The Kier molecular flexibility index (Phi) is 6.08. The largest absolute Gasteiger partial charge is 0.457 e. The zero-order chi connectivity index (χ0) is 17.7. The van der Waals surface area contributed by atoms with Crippen molar-refractivity contribution in [2.75, 3.05) is 0 Å². The van der Waals surface area contributed by atoms with Gasteiger partial charge in [0, 0.05) is 22.7 Å². The third-order valence-corrected chi connectivity index (χ3v) is 4.03. The van der Waals surface area contributed by atoms with Gasteiger partial charge in [0.2, 0.25) is 0 Å². The molecule has 1 amide bonds. The molecule has 1 aromatic carbocycles. The van der Waals surface area contributed by atoms with Gasteiger partial charge in [-0.25, -0.2) is 0 Å². The Morgan fingerprint density at radius 2 is 2.12 bits per heavy atom. The van der Waals surface area contributed by atoms with E-state index in [9.17, 15) is 10.1 Å². The van der Waals surface area contributed by atoms with Crippen LogP contribution >= 0.6 is 23.2 Å². The van der Waals surface area contributed by atoms with E-state index in [1.807, 2.05) is 19.9 Å². The van der Waals surface area contributed by atoms with E-state index in [1.165, 1.54) is 6.08 Å². The van der Waals surface area contributed by atoms with Gasteiger partial charge in [0.05, 0.1) is 5.02 Å². The Balaban J connectivity index is 2.28. The van der Waals surface area contributed by atoms with Crippen molar-refractivity contribution in [3.8, 4) is 17.4 Å². The molecule has 124 valence electrons. The topological polar surface area (TPSA) is 66.0 Å². The standard InChI is InChI=1S/C18H16Cl2N2O2/c1-3-11(2)22-18(23)12(10-21)8-14-5-7-17(24-14)15-9-13(19)4-6-16(15)20/h4-9,11H,3H2,1-2H3,(H,22,23)/b12-8+/t11-/m1/s1. The van der Waals surface area contributed by atoms with Crippen molar-refractivity contribution in [3.05, 3.63) is 51.7 Å². The molecule has 1 atom stereocenters. The Morgan fingerprint density at radius 3 is 2.79 bits per heavy atom. The number of nitriles is 1. The minimum Gasteiger partial charge on any atom is -0.457 e. The van der Waals surface area contributed by atoms with E-state index in [2.05, 4.69) is 5.32 Å². The molecular formula is C18H16Cl2N2O2. The lowest BCUT2D eigenvalue weighted by Gasteiger charge is -2.10. The summed E-state index contributed by atoms with van der Waals surface area (Å²) in [6, 6.07) is 10.3. The van der Waals surface area contributed by atoms with E-state index in [1.54, 1.807) is 30.3 Å². The van der Waals surface area contributed by atoms with Gasteiger partial charge >= 0.3 is 0 Å². The number of benzene rings is 1. The van der Waals surface area contributed by atoms with Gasteiger partial charge in [0.15, 0.2) is 0 Å². The second kappa shape index (κ2) is 8.05. The molecule has 0 spiro atoms. The highest BCUT2D eigenvalue weighted by molar-refractivity contribution is 6.35. The van der Waals surface area contributed by atoms with Gasteiger partial charge in [-0.1, -0.05) is 30.1 Å². The lowest BCUT2D eigenvalue weighted by molar-refractivity contribution is -0.117. The van der Waals surface area contributed by atoms with Gasteiger partial charge in [-0.05, 0) is 43.7 Å². The number of nitrogens with zero attached hydrogens (tertiary/aromatic N) is 1. The van der Waals surface area contributed by atoms with E-state index >= 15 is 0 Å². The summed E-state index contributed by atoms with van der Waals surface area (Å²) in [4.78, 5) is 12.0. The Bertz CT molecular complexity index is 819. The highest BCUT2D eigenvalue weighted by Crippen LogP contribution is 2.32. The first kappa shape index (κ1) is 18.1. The number of furan rings is 1. The van der Waals surface area contributed by atoms with Crippen molar-refractivity contribution in [2.45, 2.75) is 26.3 Å². The average Bonchev–Trinajstić information content (AvgIpc) is 3.02. The van der Waals surface area contributed by atoms with Crippen molar-refractivity contribution in [1.29, 1.82) is 5.26 Å². The molecule has 0 bridgehead atoms. The van der Waals surface area contributed by atoms with Crippen molar-refractivity contribution in [2.24, 2.45) is 0 Å². The summed E-state index contributed by atoms with van der Waals surface area (Å²) in [6.45, 7) is 3.83. The molecule has 0 aliphatic carbocycles. The van der Waals surface area contributed by atoms with Crippen LogP contribution in [0.3, 0.4) is 0 Å². The maximum Gasteiger partial charge on any atom is 0.262 e. The molecular weight excluding hydrogens is 347 g/mol. The van der Waals surface area contributed by atoms with E-state index in [-0.39, 0.29) is 11.6 Å². The van der Waals surface area contributed by atoms with Crippen LogP contribution in [0.25, 0.3) is 17.4 Å². The fraction of sp³-hybridized carbons (Fsp3) is 0.222. The smallest absolute Gasteiger partial charge is 0.262 e. The highest BCUT2D eigenvalue weighted by Gasteiger charge is 2.13. The van der Waals surface area contributed by atoms with Crippen LogP contribution in [0.5, 0.6) is 0 Å². The van der Waals surface area contributed by atoms with E-state index in [0.29, 0.717) is 27.1 Å². The molecule has 0 unspecified atom stereocenters. The highest BCUT2D eigenvalue weighted by atomic mass is 35.5. The monoisotopic (exact) mass is 362 g/mol. The predicted molar refractivity (Wildman–Crippen MR) is 95.6 cm³/mol. The molecule has 1 N–H and O–H groups in total. The Morgan fingerprint density at radius 1 is 1.38 bits per heavy atom. The maximum atomic E-state index is 12.0. The molecule has 0 saturated heterocycles. The number of rotatable bonds is 5. The van der Waals surface area contributed by atoms with Gasteiger partial charge < -0.3 is 9.73 Å². The maximum absolute atomic E-state index is 12.0. The third-order valence-electron chi connectivity index (χ3n) is 3.46. The van der Waals surface area contributed by atoms with E-state index in [0.717, 1.165) is 6.42 Å². The van der Waals surface area contributed by atoms with Crippen molar-refractivity contribution >= 4 is 35.2 Å². The number of nitrogens with one attached hydrogen (secondary N) is 1. The molecule has 1 aromatic heterocycles. The molecule has 2 rings (SSSR count). The fourth-order valence-corrected chi connectivity index (χ4v) is 2.34. The lowest BCUT2D eigenvalue weighted by Crippen LogP contribution is -2.32. The van der Waals surface area contributed by atoms with Gasteiger partial charge in [0.1, 0.15) is 23.2 Å². The summed E-state index contributed by atoms with van der Waals surface area (Å²) in [5, 5.41) is 13.0. The van der Waals surface area contributed by atoms with Crippen LogP contribution in [0.15, 0.2) is 40.3 Å². The molecule has 0 radical (unpaired) electrons. The van der Waals surface area contributed by atoms with E-state index in [4.69, 9.17) is 27.6 Å². The number of halogens is 2. The van der Waals surface area contributed by atoms with Crippen molar-refractivity contribution in [1.82, 2.24) is 5.32 Å². The minimum absolute atomic E-state index is 0.00770. The second-order valence-electron chi connectivity index (χ2n) is 5.28. The molecule has 24 heavy (non-hydrogen) atoms. The van der Waals surface area contributed by atoms with Gasteiger partial charge in [0.25, 0.3) is 5.91 Å². The predicted octanol–water partition coefficient (Wildman–Crippen LogP) is 5.08. The van der Waals surface area contributed by atoms with Gasteiger partial charge in [-0.2, -0.15) is 5.26 Å². The summed E-state index contributed by atoms with van der Waals surface area (Å²) >= 11 is 12.1.